The van der Waals surface area contributed by atoms with E-state index in [2.05, 4.69) is 69.1 Å². The summed E-state index contributed by atoms with van der Waals surface area (Å²) < 4.78 is 13.4. The third-order valence-corrected chi connectivity index (χ3v) is 10.6. The molecule has 0 bridgehead atoms. The van der Waals surface area contributed by atoms with Crippen LogP contribution in [0.5, 0.6) is 0 Å². The SMILES string of the molecule is COCCCn1cc(CN(C(=O)[C@H]2CN(C(=O)OC(C)(C)C)CC[C@@H]2c2cccc(N3CCC(CC(=O)O)CC3)c2)C2CC2)c2ccccc21. The molecular formula is C40H54N4O6. The van der Waals surface area contributed by atoms with Crippen LogP contribution < -0.4 is 4.90 Å². The van der Waals surface area contributed by atoms with Crippen LogP contribution in [0.3, 0.4) is 0 Å². The molecular weight excluding hydrogens is 632 g/mol. The minimum Gasteiger partial charge on any atom is -0.481 e. The number of hydrogen-bond donors (Lipinski definition) is 1. The van der Waals surface area contributed by atoms with Crippen molar-refractivity contribution in [2.24, 2.45) is 11.8 Å². The van der Waals surface area contributed by atoms with Crippen LogP contribution in [0.1, 0.15) is 82.8 Å². The van der Waals surface area contributed by atoms with Gasteiger partial charge in [0.25, 0.3) is 0 Å². The van der Waals surface area contributed by atoms with Crippen molar-refractivity contribution in [1.29, 1.82) is 0 Å². The molecule has 1 saturated carbocycles. The number of para-hydroxylation sites is 1. The number of carboxylic acids is 1. The van der Waals surface area contributed by atoms with Gasteiger partial charge in [-0.05, 0) is 100 Å². The van der Waals surface area contributed by atoms with E-state index in [-0.39, 0.29) is 36.3 Å². The predicted octanol–water partition coefficient (Wildman–Crippen LogP) is 6.90. The molecule has 6 rings (SSSR count). The molecule has 10 heteroatoms. The lowest BCUT2D eigenvalue weighted by Gasteiger charge is -2.41. The number of nitrogens with zero attached hydrogens (tertiary/aromatic N) is 4. The Morgan fingerprint density at radius 3 is 2.42 bits per heavy atom. The van der Waals surface area contributed by atoms with Crippen LogP contribution in [-0.4, -0.2) is 89.0 Å². The standard InChI is InChI=1S/C40H54N4O6/c1-40(2,3)50-39(48)43-21-17-33(29-9-7-10-32(24-29)41-19-15-28(16-20-41)23-37(45)46)35(27-43)38(47)44(31-13-14-31)26-30-25-42(18-8-22-49-4)36-12-6-5-11-34(30)36/h5-7,9-12,24-25,28,31,33,35H,8,13-23,26-27H2,1-4H3,(H,45,46)/t33-,35+/m1/s1. The van der Waals surface area contributed by atoms with Crippen LogP contribution in [0.4, 0.5) is 10.5 Å². The van der Waals surface area contributed by atoms with Gasteiger partial charge < -0.3 is 33.8 Å². The Morgan fingerprint density at radius 2 is 1.72 bits per heavy atom. The number of anilines is 1. The lowest BCUT2D eigenvalue weighted by molar-refractivity contribution is -0.139. The fraction of sp³-hybridized carbons (Fsp3) is 0.575. The van der Waals surface area contributed by atoms with Crippen molar-refractivity contribution in [3.05, 3.63) is 65.9 Å². The minimum absolute atomic E-state index is 0.0534. The Hall–Kier alpha value is -4.05. The van der Waals surface area contributed by atoms with E-state index in [0.29, 0.717) is 32.7 Å². The predicted molar refractivity (Wildman–Crippen MR) is 194 cm³/mol. The summed E-state index contributed by atoms with van der Waals surface area (Å²) in [6, 6.07) is 17.2. The first-order valence-electron chi connectivity index (χ1n) is 18.4. The summed E-state index contributed by atoms with van der Waals surface area (Å²) in [5, 5.41) is 10.4. The van der Waals surface area contributed by atoms with E-state index < -0.39 is 17.5 Å². The molecule has 2 amide bonds. The quantitative estimate of drug-likeness (QED) is 0.207. The van der Waals surface area contributed by atoms with E-state index in [9.17, 15) is 19.5 Å². The van der Waals surface area contributed by atoms with Gasteiger partial charge >= 0.3 is 12.1 Å². The average Bonchev–Trinajstić information content (AvgIpc) is 3.88. The van der Waals surface area contributed by atoms with Crippen molar-refractivity contribution in [1.82, 2.24) is 14.4 Å². The highest BCUT2D eigenvalue weighted by Gasteiger charge is 2.43. The molecule has 2 aliphatic heterocycles. The second-order valence-corrected chi connectivity index (χ2v) is 15.5. The third-order valence-electron chi connectivity index (χ3n) is 10.6. The Labute approximate surface area is 296 Å². The van der Waals surface area contributed by atoms with E-state index in [1.165, 1.54) is 5.39 Å². The Morgan fingerprint density at radius 1 is 0.960 bits per heavy atom. The molecule has 2 atom stereocenters. The van der Waals surface area contributed by atoms with Crippen molar-refractivity contribution in [2.75, 3.05) is 44.8 Å². The van der Waals surface area contributed by atoms with Gasteiger partial charge in [0.15, 0.2) is 0 Å². The summed E-state index contributed by atoms with van der Waals surface area (Å²) in [6.07, 6.45) is 7.30. The zero-order chi connectivity index (χ0) is 35.4. The van der Waals surface area contributed by atoms with Gasteiger partial charge in [0.1, 0.15) is 5.60 Å². The van der Waals surface area contributed by atoms with Crippen LogP contribution >= 0.6 is 0 Å². The molecule has 1 aliphatic carbocycles. The molecule has 0 radical (unpaired) electrons. The first kappa shape index (κ1) is 35.8. The van der Waals surface area contributed by atoms with Crippen LogP contribution in [-0.2, 0) is 32.2 Å². The fourth-order valence-corrected chi connectivity index (χ4v) is 7.87. The van der Waals surface area contributed by atoms with Gasteiger partial charge in [-0.2, -0.15) is 0 Å². The second kappa shape index (κ2) is 15.5. The number of hydrogen-bond acceptors (Lipinski definition) is 6. The highest BCUT2D eigenvalue weighted by Crippen LogP contribution is 2.40. The highest BCUT2D eigenvalue weighted by atomic mass is 16.6. The van der Waals surface area contributed by atoms with Crippen molar-refractivity contribution in [2.45, 2.75) is 96.4 Å². The molecule has 3 fully saturated rings. The van der Waals surface area contributed by atoms with Crippen LogP contribution in [0.25, 0.3) is 10.9 Å². The molecule has 3 aromatic rings. The maximum atomic E-state index is 15.0. The molecule has 0 unspecified atom stereocenters. The lowest BCUT2D eigenvalue weighted by atomic mass is 9.79. The maximum Gasteiger partial charge on any atom is 0.410 e. The summed E-state index contributed by atoms with van der Waals surface area (Å²) in [7, 11) is 1.73. The van der Waals surface area contributed by atoms with Crippen LogP contribution in [0.2, 0.25) is 0 Å². The van der Waals surface area contributed by atoms with Gasteiger partial charge in [-0.15, -0.1) is 0 Å². The molecule has 270 valence electrons. The number of amides is 2. The van der Waals surface area contributed by atoms with E-state index >= 15 is 0 Å². The number of carbonyl (C=O) groups excluding carboxylic acids is 2. The number of carbonyl (C=O) groups is 3. The number of aliphatic carboxylic acids is 1. The number of methoxy groups -OCH3 is 1. The van der Waals surface area contributed by atoms with Crippen LogP contribution in [0, 0.1) is 11.8 Å². The van der Waals surface area contributed by atoms with E-state index in [1.807, 2.05) is 20.8 Å². The minimum atomic E-state index is -0.730. The summed E-state index contributed by atoms with van der Waals surface area (Å²) >= 11 is 0. The first-order chi connectivity index (χ1) is 24.0. The smallest absolute Gasteiger partial charge is 0.410 e. The number of aromatic nitrogens is 1. The van der Waals surface area contributed by atoms with Crippen molar-refractivity contribution < 1.29 is 29.0 Å². The zero-order valence-corrected chi connectivity index (χ0v) is 30.2. The Bertz CT molecular complexity index is 1650. The van der Waals surface area contributed by atoms with E-state index in [0.717, 1.165) is 74.1 Å². The maximum absolute atomic E-state index is 15.0. The number of aryl methyl sites for hydroxylation is 1. The molecule has 2 aromatic carbocycles. The van der Waals surface area contributed by atoms with Gasteiger partial charge in [0, 0.05) is 88.2 Å². The number of rotatable bonds is 12. The van der Waals surface area contributed by atoms with Gasteiger partial charge in [0.2, 0.25) is 5.91 Å². The first-order valence-corrected chi connectivity index (χ1v) is 18.4. The summed E-state index contributed by atoms with van der Waals surface area (Å²) in [4.78, 5) is 45.8. The molecule has 0 spiro atoms. The molecule has 3 heterocycles. The van der Waals surface area contributed by atoms with E-state index in [4.69, 9.17) is 9.47 Å². The second-order valence-electron chi connectivity index (χ2n) is 15.5. The van der Waals surface area contributed by atoms with E-state index in [1.54, 1.807) is 12.0 Å². The largest absolute Gasteiger partial charge is 0.481 e. The number of benzene rings is 2. The van der Waals surface area contributed by atoms with Gasteiger partial charge in [0.05, 0.1) is 5.92 Å². The van der Waals surface area contributed by atoms with Crippen LogP contribution in [0.15, 0.2) is 54.7 Å². The Balaban J connectivity index is 1.27. The summed E-state index contributed by atoms with van der Waals surface area (Å²) in [6.45, 7) is 10.1. The topological polar surface area (TPSA) is 105 Å². The molecule has 1 aromatic heterocycles. The summed E-state index contributed by atoms with van der Waals surface area (Å²) in [5.74, 6) is -0.890. The van der Waals surface area contributed by atoms with Gasteiger partial charge in [-0.3, -0.25) is 9.59 Å². The fourth-order valence-electron chi connectivity index (χ4n) is 7.87. The zero-order valence-electron chi connectivity index (χ0n) is 30.2. The normalized spacial score (nSPS) is 20.2. The third kappa shape index (κ3) is 8.63. The monoisotopic (exact) mass is 686 g/mol. The number of piperidine rings is 2. The van der Waals surface area contributed by atoms with Crippen molar-refractivity contribution in [3.8, 4) is 0 Å². The molecule has 50 heavy (non-hydrogen) atoms. The van der Waals surface area contributed by atoms with Gasteiger partial charge in [-0.1, -0.05) is 30.3 Å². The molecule has 10 nitrogen and oxygen atoms in total. The number of ether oxygens (including phenoxy) is 2. The van der Waals surface area contributed by atoms with Crippen molar-refractivity contribution >= 4 is 34.6 Å². The van der Waals surface area contributed by atoms with Crippen molar-refractivity contribution in [3.63, 3.8) is 0 Å². The number of carboxylic acid groups (broad SMARTS) is 1. The number of likely N-dealkylation sites (tertiary alicyclic amines) is 1. The average molecular weight is 687 g/mol. The van der Waals surface area contributed by atoms with Gasteiger partial charge in [-0.25, -0.2) is 4.79 Å². The molecule has 2 saturated heterocycles. The molecule has 3 aliphatic rings. The Kier molecular flexibility index (Phi) is 11.1. The summed E-state index contributed by atoms with van der Waals surface area (Å²) in [5.41, 5.74) is 3.90. The molecule has 1 N–H and O–H groups in total. The lowest BCUT2D eigenvalue weighted by Crippen LogP contribution is -2.51. The highest BCUT2D eigenvalue weighted by molar-refractivity contribution is 5.86. The number of fused-ring (bicyclic) bond motifs is 1.